The summed E-state index contributed by atoms with van der Waals surface area (Å²) in [4.78, 5) is 25.0. The lowest BCUT2D eigenvalue weighted by molar-refractivity contribution is -0.114. The first-order chi connectivity index (χ1) is 16.6. The Morgan fingerprint density at radius 2 is 1.59 bits per heavy atom. The van der Waals surface area contributed by atoms with Gasteiger partial charge < -0.3 is 25.4 Å². The molecule has 0 aliphatic carbocycles. The Labute approximate surface area is 200 Å². The fourth-order valence-electron chi connectivity index (χ4n) is 3.27. The van der Waals surface area contributed by atoms with Gasteiger partial charge in [-0.05, 0) is 55.8 Å². The molecule has 0 radical (unpaired) electrons. The Bertz CT molecular complexity index is 1050. The summed E-state index contributed by atoms with van der Waals surface area (Å²) in [5, 5.41) is 8.92. The number of para-hydroxylation sites is 2. The molecule has 0 saturated carbocycles. The van der Waals surface area contributed by atoms with Crippen LogP contribution in [0.4, 0.5) is 11.4 Å². The van der Waals surface area contributed by atoms with E-state index in [9.17, 15) is 9.59 Å². The Balaban J connectivity index is 1.48. The molecular weight excluding hydrogens is 430 g/mol. The summed E-state index contributed by atoms with van der Waals surface area (Å²) in [7, 11) is 0. The number of nitrogens with one attached hydrogen (secondary N) is 3. The Morgan fingerprint density at radius 3 is 2.32 bits per heavy atom. The highest BCUT2D eigenvalue weighted by Gasteiger charge is 2.12. The number of benzene rings is 3. The number of hydrogen-bond acceptors (Lipinski definition) is 5. The number of carbonyl (C=O) groups excluding carboxylic acids is 2. The fourth-order valence-corrected chi connectivity index (χ4v) is 3.27. The van der Waals surface area contributed by atoms with Crippen LogP contribution < -0.4 is 20.7 Å². The van der Waals surface area contributed by atoms with E-state index in [2.05, 4.69) is 16.0 Å². The van der Waals surface area contributed by atoms with Crippen molar-refractivity contribution in [3.63, 3.8) is 0 Å². The normalized spacial score (nSPS) is 11.4. The number of ether oxygens (including phenoxy) is 2. The van der Waals surface area contributed by atoms with Crippen molar-refractivity contribution in [2.75, 3.05) is 37.0 Å². The van der Waals surface area contributed by atoms with Crippen LogP contribution >= 0.6 is 0 Å². The van der Waals surface area contributed by atoms with E-state index < -0.39 is 0 Å². The van der Waals surface area contributed by atoms with Gasteiger partial charge in [-0.25, -0.2) is 0 Å². The molecule has 3 aromatic rings. The van der Waals surface area contributed by atoms with Gasteiger partial charge >= 0.3 is 0 Å². The molecule has 7 heteroatoms. The van der Waals surface area contributed by atoms with Gasteiger partial charge in [-0.2, -0.15) is 0 Å². The maximum atomic E-state index is 12.5. The van der Waals surface area contributed by atoms with Gasteiger partial charge in [-0.15, -0.1) is 0 Å². The van der Waals surface area contributed by atoms with Crippen LogP contribution in [0.25, 0.3) is 0 Å². The van der Waals surface area contributed by atoms with Crippen molar-refractivity contribution in [3.8, 4) is 5.75 Å². The number of rotatable bonds is 12. The van der Waals surface area contributed by atoms with Gasteiger partial charge in [0, 0.05) is 17.9 Å². The molecule has 34 heavy (non-hydrogen) atoms. The second kappa shape index (κ2) is 13.0. The van der Waals surface area contributed by atoms with E-state index >= 15 is 0 Å². The fraction of sp³-hybridized carbons (Fsp3) is 0.259. The molecule has 0 fully saturated rings. The largest absolute Gasteiger partial charge is 0.489 e. The van der Waals surface area contributed by atoms with Crippen molar-refractivity contribution in [2.24, 2.45) is 0 Å². The molecule has 3 N–H and O–H groups in total. The molecule has 0 aliphatic rings. The van der Waals surface area contributed by atoms with Gasteiger partial charge in [-0.1, -0.05) is 42.5 Å². The molecule has 2 amide bonds. The molecule has 0 bridgehead atoms. The van der Waals surface area contributed by atoms with E-state index in [0.717, 1.165) is 11.3 Å². The first-order valence-electron chi connectivity index (χ1n) is 11.4. The van der Waals surface area contributed by atoms with Crippen molar-refractivity contribution < 1.29 is 19.1 Å². The maximum Gasteiger partial charge on any atom is 0.251 e. The van der Waals surface area contributed by atoms with Crippen LogP contribution in [-0.2, 0) is 9.53 Å². The first kappa shape index (κ1) is 24.8. The minimum absolute atomic E-state index is 0.0733. The minimum Gasteiger partial charge on any atom is -0.489 e. The topological polar surface area (TPSA) is 88.7 Å². The zero-order valence-electron chi connectivity index (χ0n) is 19.5. The van der Waals surface area contributed by atoms with Crippen LogP contribution in [0, 0.1) is 0 Å². The Hall–Kier alpha value is -3.84. The second-order valence-electron chi connectivity index (χ2n) is 7.63. The van der Waals surface area contributed by atoms with Gasteiger partial charge in [0.25, 0.3) is 5.91 Å². The number of amides is 2. The molecule has 0 aliphatic heterocycles. The van der Waals surface area contributed by atoms with Gasteiger partial charge in [0.05, 0.1) is 24.9 Å². The van der Waals surface area contributed by atoms with Gasteiger partial charge in [-0.3, -0.25) is 9.59 Å². The molecule has 0 aromatic heterocycles. The Morgan fingerprint density at radius 1 is 0.882 bits per heavy atom. The SMILES string of the molecule is CCOCCOc1ccccc1NC(=O)CNc1ccc(C(=O)NC(C)c2ccccc2)cc1. The van der Waals surface area contributed by atoms with E-state index in [-0.39, 0.29) is 24.4 Å². The van der Waals surface area contributed by atoms with E-state index in [1.165, 1.54) is 0 Å². The molecular formula is C27H31N3O4. The average Bonchev–Trinajstić information content (AvgIpc) is 2.87. The van der Waals surface area contributed by atoms with Crippen LogP contribution in [0.1, 0.15) is 35.8 Å². The summed E-state index contributed by atoms with van der Waals surface area (Å²) in [5.41, 5.74) is 2.94. The molecule has 0 heterocycles. The highest BCUT2D eigenvalue weighted by molar-refractivity contribution is 5.96. The second-order valence-corrected chi connectivity index (χ2v) is 7.63. The van der Waals surface area contributed by atoms with Crippen molar-refractivity contribution >= 4 is 23.2 Å². The molecule has 3 aromatic carbocycles. The van der Waals surface area contributed by atoms with E-state index in [1.54, 1.807) is 36.4 Å². The molecule has 178 valence electrons. The minimum atomic E-state index is -0.209. The van der Waals surface area contributed by atoms with Crippen molar-refractivity contribution in [2.45, 2.75) is 19.9 Å². The third-order valence-electron chi connectivity index (χ3n) is 5.10. The summed E-state index contributed by atoms with van der Waals surface area (Å²) in [5.74, 6) is 0.233. The van der Waals surface area contributed by atoms with E-state index in [4.69, 9.17) is 9.47 Å². The van der Waals surface area contributed by atoms with Gasteiger partial charge in [0.15, 0.2) is 0 Å². The monoisotopic (exact) mass is 461 g/mol. The molecule has 0 saturated heterocycles. The van der Waals surface area contributed by atoms with Crippen molar-refractivity contribution in [3.05, 3.63) is 90.0 Å². The molecule has 1 atom stereocenters. The van der Waals surface area contributed by atoms with E-state index in [1.807, 2.05) is 56.3 Å². The zero-order chi connectivity index (χ0) is 24.2. The summed E-state index contributed by atoms with van der Waals surface area (Å²) in [6, 6.07) is 24.0. The van der Waals surface area contributed by atoms with Crippen molar-refractivity contribution in [1.29, 1.82) is 0 Å². The first-order valence-corrected chi connectivity index (χ1v) is 11.4. The number of carbonyl (C=O) groups is 2. The van der Waals surface area contributed by atoms with Crippen LogP contribution in [0.5, 0.6) is 5.75 Å². The smallest absolute Gasteiger partial charge is 0.251 e. The highest BCUT2D eigenvalue weighted by Crippen LogP contribution is 2.23. The third-order valence-corrected chi connectivity index (χ3v) is 5.10. The predicted molar refractivity (Wildman–Crippen MR) is 134 cm³/mol. The molecule has 7 nitrogen and oxygen atoms in total. The van der Waals surface area contributed by atoms with Crippen LogP contribution in [0.15, 0.2) is 78.9 Å². The standard InChI is InChI=1S/C27H31N3O4/c1-3-33-17-18-34-25-12-8-7-11-24(25)30-26(31)19-28-23-15-13-22(14-16-23)27(32)29-20(2)21-9-5-4-6-10-21/h4-16,20,28H,3,17-19H2,1-2H3,(H,29,32)(H,30,31). The zero-order valence-corrected chi connectivity index (χ0v) is 19.5. The van der Waals surface area contributed by atoms with Gasteiger partial charge in [0.1, 0.15) is 12.4 Å². The van der Waals surface area contributed by atoms with E-state index in [0.29, 0.717) is 36.8 Å². The number of hydrogen-bond donors (Lipinski definition) is 3. The van der Waals surface area contributed by atoms with Gasteiger partial charge in [0.2, 0.25) is 5.91 Å². The lowest BCUT2D eigenvalue weighted by Crippen LogP contribution is -2.26. The average molecular weight is 462 g/mol. The van der Waals surface area contributed by atoms with Crippen LogP contribution in [0.2, 0.25) is 0 Å². The molecule has 1 unspecified atom stereocenters. The molecule has 0 spiro atoms. The van der Waals surface area contributed by atoms with Crippen LogP contribution in [-0.4, -0.2) is 38.2 Å². The number of anilines is 2. The summed E-state index contributed by atoms with van der Waals surface area (Å²) in [6.45, 7) is 5.47. The summed E-state index contributed by atoms with van der Waals surface area (Å²) < 4.78 is 11.0. The summed E-state index contributed by atoms with van der Waals surface area (Å²) >= 11 is 0. The maximum absolute atomic E-state index is 12.5. The Kier molecular flexibility index (Phi) is 9.49. The lowest BCUT2D eigenvalue weighted by Gasteiger charge is -2.15. The quantitative estimate of drug-likeness (QED) is 0.342. The van der Waals surface area contributed by atoms with Crippen molar-refractivity contribution in [1.82, 2.24) is 5.32 Å². The van der Waals surface area contributed by atoms with Crippen LogP contribution in [0.3, 0.4) is 0 Å². The predicted octanol–water partition coefficient (Wildman–Crippen LogP) is 4.64. The molecule has 3 rings (SSSR count). The highest BCUT2D eigenvalue weighted by atomic mass is 16.5. The lowest BCUT2D eigenvalue weighted by atomic mass is 10.1. The third kappa shape index (κ3) is 7.64. The summed E-state index contributed by atoms with van der Waals surface area (Å²) in [6.07, 6.45) is 0.